The van der Waals surface area contributed by atoms with Gasteiger partial charge in [-0.15, -0.1) is 0 Å². The molecule has 1 aliphatic carbocycles. The summed E-state index contributed by atoms with van der Waals surface area (Å²) < 4.78 is 0. The molecule has 0 saturated heterocycles. The van der Waals surface area contributed by atoms with Gasteiger partial charge in [-0.2, -0.15) is 0 Å². The van der Waals surface area contributed by atoms with Crippen molar-refractivity contribution in [1.82, 2.24) is 9.97 Å². The zero-order chi connectivity index (χ0) is 43.5. The van der Waals surface area contributed by atoms with Crippen LogP contribution >= 0.6 is 0 Å². The summed E-state index contributed by atoms with van der Waals surface area (Å²) in [5.41, 5.74) is 19.5. The molecule has 1 aliphatic rings. The summed E-state index contributed by atoms with van der Waals surface area (Å²) in [5.74, 6) is 0.686. The van der Waals surface area contributed by atoms with Crippen LogP contribution in [0.3, 0.4) is 0 Å². The summed E-state index contributed by atoms with van der Waals surface area (Å²) >= 11 is 0. The fourth-order valence-electron chi connectivity index (χ4n) is 10.4. The number of benzene rings is 10. The number of hydrogen-bond acceptors (Lipinski definition) is 2. The van der Waals surface area contributed by atoms with Gasteiger partial charge in [0.1, 0.15) is 0 Å². The van der Waals surface area contributed by atoms with E-state index < -0.39 is 0 Å². The second-order valence-electron chi connectivity index (χ2n) is 17.6. The molecule has 0 radical (unpaired) electrons. The predicted molar refractivity (Wildman–Crippen MR) is 273 cm³/mol. The van der Waals surface area contributed by atoms with E-state index in [0.717, 1.165) is 61.1 Å². The second-order valence-corrected chi connectivity index (χ2v) is 17.6. The maximum Gasteiger partial charge on any atom is 0.161 e. The molecule has 10 aromatic carbocycles. The minimum atomic E-state index is -0.134. The molecule has 0 fully saturated rings. The summed E-state index contributed by atoms with van der Waals surface area (Å²) in [6.07, 6.45) is 0. The highest BCUT2D eigenvalue weighted by atomic mass is 14.9. The van der Waals surface area contributed by atoms with Crippen molar-refractivity contribution >= 4 is 21.5 Å². The van der Waals surface area contributed by atoms with Crippen LogP contribution in [0, 0.1) is 0 Å². The molecule has 0 bridgehead atoms. The third kappa shape index (κ3) is 6.49. The van der Waals surface area contributed by atoms with Crippen molar-refractivity contribution in [1.29, 1.82) is 0 Å². The fraction of sp³-hybridized carbons (Fsp3) is 0.0476. The molecule has 0 aliphatic heterocycles. The normalized spacial score (nSPS) is 12.6. The zero-order valence-corrected chi connectivity index (χ0v) is 36.3. The Morgan fingerprint density at radius 3 is 1.34 bits per heavy atom. The third-order valence-electron chi connectivity index (χ3n) is 13.5. The topological polar surface area (TPSA) is 25.8 Å². The summed E-state index contributed by atoms with van der Waals surface area (Å²) in [7, 11) is 0. The second kappa shape index (κ2) is 15.6. The summed E-state index contributed by atoms with van der Waals surface area (Å²) in [5, 5.41) is 4.80. The Balaban J connectivity index is 1.06. The number of aromatic nitrogens is 2. The van der Waals surface area contributed by atoms with Gasteiger partial charge < -0.3 is 0 Å². The van der Waals surface area contributed by atoms with Gasteiger partial charge in [0.15, 0.2) is 5.82 Å². The van der Waals surface area contributed by atoms with Gasteiger partial charge in [-0.3, -0.25) is 0 Å². The molecular weight excluding hydrogens is 785 g/mol. The molecule has 0 atom stereocenters. The number of nitrogens with zero attached hydrogens (tertiary/aromatic N) is 2. The average Bonchev–Trinajstić information content (AvgIpc) is 3.60. The van der Waals surface area contributed by atoms with E-state index in [1.54, 1.807) is 0 Å². The van der Waals surface area contributed by atoms with Crippen molar-refractivity contribution in [3.8, 4) is 89.5 Å². The molecule has 0 saturated carbocycles. The molecule has 65 heavy (non-hydrogen) atoms. The first-order valence-electron chi connectivity index (χ1n) is 22.5. The van der Waals surface area contributed by atoms with E-state index in [2.05, 4.69) is 244 Å². The van der Waals surface area contributed by atoms with E-state index in [9.17, 15) is 0 Å². The van der Waals surface area contributed by atoms with E-state index in [0.29, 0.717) is 5.82 Å². The highest BCUT2D eigenvalue weighted by Gasteiger charge is 2.37. The van der Waals surface area contributed by atoms with Gasteiger partial charge in [0.2, 0.25) is 0 Å². The molecule has 0 unspecified atom stereocenters. The molecular formula is C63H44N2. The fourth-order valence-corrected chi connectivity index (χ4v) is 10.4. The van der Waals surface area contributed by atoms with Gasteiger partial charge in [-0.25, -0.2) is 9.97 Å². The van der Waals surface area contributed by atoms with Gasteiger partial charge in [0, 0.05) is 22.1 Å². The third-order valence-corrected chi connectivity index (χ3v) is 13.5. The molecule has 0 spiro atoms. The van der Waals surface area contributed by atoms with Crippen molar-refractivity contribution in [2.24, 2.45) is 0 Å². The first-order valence-corrected chi connectivity index (χ1v) is 22.5. The SMILES string of the molecule is CC1(C)c2cc3ccccc3cc2-c2c(-c3ccccc3-c3ccc(-c4nc(-c5ccccc5-c5ccccc5)cc(-c5ccccc5-c5ccccc5)n4)c4ccccc34)cccc21. The molecule has 12 rings (SSSR count). The van der Waals surface area contributed by atoms with Crippen LogP contribution in [-0.4, -0.2) is 9.97 Å². The number of rotatable bonds is 7. The summed E-state index contributed by atoms with van der Waals surface area (Å²) in [6.45, 7) is 4.74. The predicted octanol–water partition coefficient (Wildman–Crippen LogP) is 16.8. The first kappa shape index (κ1) is 38.5. The molecule has 2 heteroatoms. The van der Waals surface area contributed by atoms with Gasteiger partial charge >= 0.3 is 0 Å². The van der Waals surface area contributed by atoms with E-state index in [1.807, 2.05) is 0 Å². The van der Waals surface area contributed by atoms with E-state index in [-0.39, 0.29) is 5.41 Å². The Bertz CT molecular complexity index is 3520. The Kier molecular flexibility index (Phi) is 9.21. The molecule has 11 aromatic rings. The summed E-state index contributed by atoms with van der Waals surface area (Å²) in [6, 6.07) is 83.2. The molecule has 2 nitrogen and oxygen atoms in total. The molecule has 1 heterocycles. The highest BCUT2D eigenvalue weighted by molar-refractivity contribution is 6.08. The Hall–Kier alpha value is -8.20. The van der Waals surface area contributed by atoms with Crippen molar-refractivity contribution in [3.05, 3.63) is 242 Å². The molecule has 0 amide bonds. The lowest BCUT2D eigenvalue weighted by molar-refractivity contribution is 0.661. The summed E-state index contributed by atoms with van der Waals surface area (Å²) in [4.78, 5) is 11.0. The Morgan fingerprint density at radius 1 is 0.292 bits per heavy atom. The standard InChI is InChI=1S/C63H44N2/c1-63(2)57-35-19-34-54(61(57)56-38-43-24-9-10-25-44(43)39-58(56)63)49-30-15-13-28-47(49)51-36-37-55(50-31-16-14-29-48(50)51)62-64-59(52-32-17-11-26-45(52)41-20-5-3-6-21-41)40-60(65-62)53-33-18-12-27-46(53)42-22-7-4-8-23-42/h3-40H,1-2H3. The largest absolute Gasteiger partial charge is 0.228 e. The first-order chi connectivity index (χ1) is 32.0. The van der Waals surface area contributed by atoms with Crippen molar-refractivity contribution in [3.63, 3.8) is 0 Å². The molecule has 1 aromatic heterocycles. The maximum atomic E-state index is 5.49. The monoisotopic (exact) mass is 828 g/mol. The average molecular weight is 829 g/mol. The van der Waals surface area contributed by atoms with Crippen molar-refractivity contribution < 1.29 is 0 Å². The van der Waals surface area contributed by atoms with Crippen molar-refractivity contribution in [2.75, 3.05) is 0 Å². The van der Waals surface area contributed by atoms with Crippen LogP contribution in [0.2, 0.25) is 0 Å². The maximum absolute atomic E-state index is 5.49. The zero-order valence-electron chi connectivity index (χ0n) is 36.3. The van der Waals surface area contributed by atoms with Crippen molar-refractivity contribution in [2.45, 2.75) is 19.3 Å². The number of fused-ring (bicyclic) bond motifs is 5. The van der Waals surface area contributed by atoms with Crippen LogP contribution in [0.5, 0.6) is 0 Å². The van der Waals surface area contributed by atoms with Crippen LogP contribution in [-0.2, 0) is 5.41 Å². The highest BCUT2D eigenvalue weighted by Crippen LogP contribution is 2.54. The van der Waals surface area contributed by atoms with Crippen LogP contribution in [0.25, 0.3) is 111 Å². The van der Waals surface area contributed by atoms with E-state index in [1.165, 1.54) is 55.3 Å². The van der Waals surface area contributed by atoms with Crippen LogP contribution in [0.4, 0.5) is 0 Å². The molecule has 306 valence electrons. The lowest BCUT2D eigenvalue weighted by Crippen LogP contribution is -2.14. The van der Waals surface area contributed by atoms with Gasteiger partial charge in [0.25, 0.3) is 0 Å². The minimum absolute atomic E-state index is 0.134. The lowest BCUT2D eigenvalue weighted by atomic mass is 9.81. The van der Waals surface area contributed by atoms with Gasteiger partial charge in [0.05, 0.1) is 11.4 Å². The smallest absolute Gasteiger partial charge is 0.161 e. The van der Waals surface area contributed by atoms with Crippen LogP contribution in [0.15, 0.2) is 231 Å². The van der Waals surface area contributed by atoms with Crippen LogP contribution in [0.1, 0.15) is 25.0 Å². The Morgan fingerprint density at radius 2 is 0.738 bits per heavy atom. The van der Waals surface area contributed by atoms with E-state index in [4.69, 9.17) is 9.97 Å². The lowest BCUT2D eigenvalue weighted by Gasteiger charge is -2.22. The Labute approximate surface area is 380 Å². The van der Waals surface area contributed by atoms with E-state index >= 15 is 0 Å². The quantitative estimate of drug-likeness (QED) is 0.160. The number of hydrogen-bond donors (Lipinski definition) is 0. The molecule has 0 N–H and O–H groups in total. The van der Waals surface area contributed by atoms with Gasteiger partial charge in [-0.1, -0.05) is 220 Å². The minimum Gasteiger partial charge on any atom is -0.228 e. The van der Waals surface area contributed by atoms with Gasteiger partial charge in [-0.05, 0) is 113 Å². The van der Waals surface area contributed by atoms with Crippen LogP contribution < -0.4 is 0 Å².